The van der Waals surface area contributed by atoms with Crippen LogP contribution in [0.15, 0.2) is 53.6 Å². The van der Waals surface area contributed by atoms with Crippen molar-refractivity contribution in [2.75, 3.05) is 0 Å². The van der Waals surface area contributed by atoms with Gasteiger partial charge < -0.3 is 15.0 Å². The predicted molar refractivity (Wildman–Crippen MR) is 103 cm³/mol. The Morgan fingerprint density at radius 3 is 2.70 bits per heavy atom. The number of aryl methyl sites for hydroxylation is 2. The summed E-state index contributed by atoms with van der Waals surface area (Å²) in [5.41, 5.74) is 2.10. The second kappa shape index (κ2) is 8.05. The van der Waals surface area contributed by atoms with Gasteiger partial charge in [0.2, 0.25) is 5.88 Å². The van der Waals surface area contributed by atoms with Crippen molar-refractivity contribution < 1.29 is 9.53 Å². The van der Waals surface area contributed by atoms with Crippen LogP contribution in [0, 0.1) is 13.8 Å². The van der Waals surface area contributed by atoms with Crippen molar-refractivity contribution in [2.24, 2.45) is 0 Å². The molecule has 2 N–H and O–H groups in total. The number of carbonyl (C=O) groups excluding carboxylic acids is 1. The number of nitrogens with zero attached hydrogens (tertiary/aromatic N) is 1. The van der Waals surface area contributed by atoms with Crippen molar-refractivity contribution in [1.82, 2.24) is 15.3 Å². The summed E-state index contributed by atoms with van der Waals surface area (Å²) in [6, 6.07) is 10.8. The molecule has 0 radical (unpaired) electrons. The van der Waals surface area contributed by atoms with Crippen LogP contribution < -0.4 is 15.6 Å². The van der Waals surface area contributed by atoms with E-state index in [1.54, 1.807) is 18.3 Å². The molecule has 0 bridgehead atoms. The number of carbonyl (C=O) groups is 1. The van der Waals surface area contributed by atoms with Crippen LogP contribution in [0.1, 0.15) is 27.0 Å². The quantitative estimate of drug-likeness (QED) is 0.702. The number of para-hydroxylation sites is 1. The molecule has 6 nitrogen and oxygen atoms in total. The summed E-state index contributed by atoms with van der Waals surface area (Å²) < 4.78 is 6.00. The van der Waals surface area contributed by atoms with Crippen molar-refractivity contribution in [2.45, 2.75) is 20.4 Å². The lowest BCUT2D eigenvalue weighted by atomic mass is 10.1. The van der Waals surface area contributed by atoms with Gasteiger partial charge in [-0.15, -0.1) is 0 Å². The summed E-state index contributed by atoms with van der Waals surface area (Å²) in [5.74, 6) is 0.603. The Kier molecular flexibility index (Phi) is 5.57. The number of H-pyrrole nitrogens is 1. The van der Waals surface area contributed by atoms with E-state index in [2.05, 4.69) is 15.3 Å². The molecule has 0 aliphatic carbocycles. The van der Waals surface area contributed by atoms with Gasteiger partial charge in [0, 0.05) is 24.5 Å². The van der Waals surface area contributed by atoms with Crippen LogP contribution in [0.5, 0.6) is 11.6 Å². The zero-order valence-electron chi connectivity index (χ0n) is 14.9. The highest BCUT2D eigenvalue weighted by molar-refractivity contribution is 6.30. The number of ether oxygens (including phenoxy) is 1. The first-order valence-corrected chi connectivity index (χ1v) is 8.68. The van der Waals surface area contributed by atoms with Gasteiger partial charge in [-0.2, -0.15) is 0 Å². The zero-order valence-corrected chi connectivity index (χ0v) is 15.6. The van der Waals surface area contributed by atoms with Gasteiger partial charge in [-0.05, 0) is 37.1 Å². The van der Waals surface area contributed by atoms with Gasteiger partial charge in [-0.3, -0.25) is 9.59 Å². The topological polar surface area (TPSA) is 84.1 Å². The molecule has 1 aromatic carbocycles. The Hall–Kier alpha value is -3.12. The summed E-state index contributed by atoms with van der Waals surface area (Å²) in [5, 5.41) is 2.98. The molecule has 0 saturated carbocycles. The zero-order chi connectivity index (χ0) is 19.4. The van der Waals surface area contributed by atoms with Gasteiger partial charge in [0.05, 0.1) is 5.02 Å². The fraction of sp³-hybridized carbons (Fsp3) is 0.150. The molecule has 7 heteroatoms. The van der Waals surface area contributed by atoms with Crippen LogP contribution in [0.3, 0.4) is 0 Å². The molecule has 0 fully saturated rings. The normalized spacial score (nSPS) is 10.5. The van der Waals surface area contributed by atoms with E-state index >= 15 is 0 Å². The molecule has 2 heterocycles. The number of nitrogens with one attached hydrogen (secondary N) is 2. The fourth-order valence-corrected chi connectivity index (χ4v) is 2.77. The van der Waals surface area contributed by atoms with Gasteiger partial charge in [0.1, 0.15) is 11.3 Å². The number of hydrogen-bond donors (Lipinski definition) is 2. The fourth-order valence-electron chi connectivity index (χ4n) is 2.60. The number of aromatic amines is 1. The maximum Gasteiger partial charge on any atom is 0.260 e. The Balaban J connectivity index is 1.79. The minimum atomic E-state index is -0.527. The van der Waals surface area contributed by atoms with E-state index in [1.165, 1.54) is 12.3 Å². The van der Waals surface area contributed by atoms with E-state index < -0.39 is 11.5 Å². The van der Waals surface area contributed by atoms with Crippen molar-refractivity contribution in [3.8, 4) is 11.6 Å². The Morgan fingerprint density at radius 1 is 1.22 bits per heavy atom. The Morgan fingerprint density at radius 2 is 1.96 bits per heavy atom. The van der Waals surface area contributed by atoms with E-state index in [0.29, 0.717) is 11.4 Å². The monoisotopic (exact) mass is 383 g/mol. The van der Waals surface area contributed by atoms with Crippen LogP contribution in [0.2, 0.25) is 5.02 Å². The summed E-state index contributed by atoms with van der Waals surface area (Å²) in [6.45, 7) is 4.06. The third-order valence-electron chi connectivity index (χ3n) is 4.01. The van der Waals surface area contributed by atoms with Crippen LogP contribution in [-0.4, -0.2) is 15.9 Å². The molecule has 0 unspecified atom stereocenters. The van der Waals surface area contributed by atoms with Crippen LogP contribution in [0.25, 0.3) is 0 Å². The highest BCUT2D eigenvalue weighted by atomic mass is 35.5. The summed E-state index contributed by atoms with van der Waals surface area (Å²) >= 11 is 5.84. The molecule has 0 spiro atoms. The lowest BCUT2D eigenvalue weighted by molar-refractivity contribution is 0.0949. The smallest absolute Gasteiger partial charge is 0.260 e. The summed E-state index contributed by atoms with van der Waals surface area (Å²) in [7, 11) is 0. The lowest BCUT2D eigenvalue weighted by Crippen LogP contribution is -2.29. The van der Waals surface area contributed by atoms with Gasteiger partial charge >= 0.3 is 0 Å². The number of amides is 1. The highest BCUT2D eigenvalue weighted by Gasteiger charge is 2.14. The second-order valence-electron chi connectivity index (χ2n) is 6.03. The average Bonchev–Trinajstić information content (AvgIpc) is 2.65. The van der Waals surface area contributed by atoms with Gasteiger partial charge in [-0.1, -0.05) is 35.9 Å². The maximum absolute atomic E-state index is 12.3. The molecule has 2 aromatic heterocycles. The molecule has 0 atom stereocenters. The van der Waals surface area contributed by atoms with E-state index in [4.69, 9.17) is 16.3 Å². The second-order valence-corrected chi connectivity index (χ2v) is 6.47. The predicted octanol–water partition coefficient (Wildman–Crippen LogP) is 3.76. The molecule has 1 amide bonds. The molecular formula is C20H18ClN3O3. The van der Waals surface area contributed by atoms with Gasteiger partial charge in [0.15, 0.2) is 0 Å². The largest absolute Gasteiger partial charge is 0.438 e. The third-order valence-corrected chi connectivity index (χ3v) is 4.23. The number of halogens is 1. The van der Waals surface area contributed by atoms with Crippen molar-refractivity contribution in [3.63, 3.8) is 0 Å². The van der Waals surface area contributed by atoms with Crippen molar-refractivity contribution >= 4 is 17.5 Å². The van der Waals surface area contributed by atoms with E-state index in [-0.39, 0.29) is 17.1 Å². The molecule has 0 saturated heterocycles. The van der Waals surface area contributed by atoms with E-state index in [1.807, 2.05) is 32.0 Å². The SMILES string of the molecule is Cc1cccc(C)c1Oc1ncccc1CNC(=O)c1cc(Cl)c[nH]c1=O. The maximum atomic E-state index is 12.3. The number of aromatic nitrogens is 2. The minimum absolute atomic E-state index is 0.0522. The molecular weight excluding hydrogens is 366 g/mol. The molecule has 138 valence electrons. The lowest BCUT2D eigenvalue weighted by Gasteiger charge is -2.14. The van der Waals surface area contributed by atoms with Crippen LogP contribution in [-0.2, 0) is 6.54 Å². The molecule has 27 heavy (non-hydrogen) atoms. The Labute approximate surface area is 161 Å². The van der Waals surface area contributed by atoms with E-state index in [9.17, 15) is 9.59 Å². The minimum Gasteiger partial charge on any atom is -0.438 e. The summed E-state index contributed by atoms with van der Waals surface area (Å²) in [6.07, 6.45) is 2.95. The average molecular weight is 384 g/mol. The molecule has 3 aromatic rings. The van der Waals surface area contributed by atoms with Crippen molar-refractivity contribution in [1.29, 1.82) is 0 Å². The standard InChI is InChI=1S/C20H18ClN3O3/c1-12-5-3-6-13(2)17(12)27-20-14(7-4-8-22-20)10-23-18(25)16-9-15(21)11-24-19(16)26/h3-9,11H,10H2,1-2H3,(H,23,25)(H,24,26). The summed E-state index contributed by atoms with van der Waals surface area (Å²) in [4.78, 5) is 30.8. The number of benzene rings is 1. The first-order chi connectivity index (χ1) is 13.0. The van der Waals surface area contributed by atoms with Crippen LogP contribution in [0.4, 0.5) is 0 Å². The number of hydrogen-bond acceptors (Lipinski definition) is 4. The molecule has 3 rings (SSSR count). The van der Waals surface area contributed by atoms with Crippen molar-refractivity contribution in [3.05, 3.63) is 86.4 Å². The molecule has 0 aliphatic rings. The van der Waals surface area contributed by atoms with Crippen LogP contribution >= 0.6 is 11.6 Å². The van der Waals surface area contributed by atoms with Gasteiger partial charge in [-0.25, -0.2) is 4.98 Å². The Bertz CT molecular complexity index is 1030. The first kappa shape index (κ1) is 18.7. The van der Waals surface area contributed by atoms with E-state index in [0.717, 1.165) is 16.9 Å². The number of pyridine rings is 2. The van der Waals surface area contributed by atoms with Gasteiger partial charge in [0.25, 0.3) is 11.5 Å². The molecule has 0 aliphatic heterocycles. The third kappa shape index (κ3) is 4.35. The number of rotatable bonds is 5. The first-order valence-electron chi connectivity index (χ1n) is 8.30. The highest BCUT2D eigenvalue weighted by Crippen LogP contribution is 2.29.